The Labute approximate surface area is 283 Å². The molecular formula is C36H51N3O9. The van der Waals surface area contributed by atoms with Gasteiger partial charge in [0.2, 0.25) is 17.7 Å². The summed E-state index contributed by atoms with van der Waals surface area (Å²) in [5.41, 5.74) is 6.18. The fraction of sp³-hybridized carbons (Fsp3) is 0.556. The molecule has 12 heteroatoms. The molecule has 2 saturated heterocycles. The molecule has 5 N–H and O–H groups in total. The van der Waals surface area contributed by atoms with E-state index in [1.165, 1.54) is 20.1 Å². The minimum absolute atomic E-state index is 0.0424. The van der Waals surface area contributed by atoms with E-state index < -0.39 is 41.9 Å². The summed E-state index contributed by atoms with van der Waals surface area (Å²) in [4.78, 5) is 47.6. The average Bonchev–Trinajstić information content (AvgIpc) is 3.01. The fourth-order valence-corrected chi connectivity index (χ4v) is 5.96. The zero-order valence-corrected chi connectivity index (χ0v) is 28.9. The van der Waals surface area contributed by atoms with Crippen LogP contribution in [0.4, 0.5) is 5.69 Å². The Morgan fingerprint density at radius 2 is 1.81 bits per heavy atom. The van der Waals surface area contributed by atoms with Gasteiger partial charge in [-0.15, -0.1) is 0 Å². The Kier molecular flexibility index (Phi) is 14.1. The first-order valence-electron chi connectivity index (χ1n) is 16.3. The summed E-state index contributed by atoms with van der Waals surface area (Å²) in [5, 5.41) is 16.9. The van der Waals surface area contributed by atoms with Crippen molar-refractivity contribution in [3.63, 3.8) is 0 Å². The van der Waals surface area contributed by atoms with Crippen molar-refractivity contribution in [2.75, 3.05) is 12.4 Å². The van der Waals surface area contributed by atoms with Crippen LogP contribution in [0.5, 0.6) is 0 Å². The summed E-state index contributed by atoms with van der Waals surface area (Å²) in [5.74, 6) is -1.32. The lowest BCUT2D eigenvalue weighted by Gasteiger charge is -2.44. The number of hydrogen-bond acceptors (Lipinski definition) is 9. The second kappa shape index (κ2) is 17.5. The number of nitrogens with one attached hydrogen (secondary N) is 2. The molecule has 3 rings (SSSR count). The van der Waals surface area contributed by atoms with Crippen molar-refractivity contribution in [3.8, 4) is 0 Å². The predicted octanol–water partition coefficient (Wildman–Crippen LogP) is 3.74. The number of aliphatic hydroxyl groups is 1. The Morgan fingerprint density at radius 3 is 2.44 bits per heavy atom. The topological polar surface area (TPSA) is 176 Å². The number of ether oxygens (including phenoxy) is 4. The highest BCUT2D eigenvalue weighted by Gasteiger charge is 2.46. The molecule has 264 valence electrons. The van der Waals surface area contributed by atoms with E-state index in [-0.39, 0.29) is 42.4 Å². The average molecular weight is 670 g/mol. The molecular weight excluding hydrogens is 618 g/mol. The SMILES string of the molecule is COC1(C)C[C@@H](CC(=O)Nc2ccc(C(N)=O)cc2)O[C@H](/C=C/C(C)=C/C[C@@H]2O[C@H](C)C(NC(=O)/C=C\C(C)OC(C)=O)CC2C)[C@H]1O. The summed E-state index contributed by atoms with van der Waals surface area (Å²) in [7, 11) is 1.53. The molecule has 12 nitrogen and oxygen atoms in total. The number of primary amides is 1. The molecule has 0 spiro atoms. The van der Waals surface area contributed by atoms with Crippen LogP contribution in [0.3, 0.4) is 0 Å². The fourth-order valence-electron chi connectivity index (χ4n) is 5.96. The molecule has 2 aliphatic heterocycles. The molecule has 48 heavy (non-hydrogen) atoms. The van der Waals surface area contributed by atoms with Crippen molar-refractivity contribution in [2.24, 2.45) is 11.7 Å². The standard InChI is InChI=1S/C36H51N3O9/c1-21(8-15-30-22(2)18-29(24(4)47-30)39-32(41)17-10-23(3)46-25(5)40)9-16-31-34(43)36(6,45-7)20-28(48-31)19-33(42)38-27-13-11-26(12-14-27)35(37)44/h8-14,16-17,22-24,28-31,34,43H,15,18-20H2,1-7H3,(H2,37,44)(H,38,42)(H,39,41)/b16-9+,17-10-,21-8+/t22?,23?,24-,28-,29?,30+,31-,34-,36?/m1/s1. The van der Waals surface area contributed by atoms with Gasteiger partial charge in [0.25, 0.3) is 0 Å². The highest BCUT2D eigenvalue weighted by molar-refractivity contribution is 5.95. The number of carbonyl (C=O) groups excluding carboxylic acids is 4. The Morgan fingerprint density at radius 1 is 1.12 bits per heavy atom. The van der Waals surface area contributed by atoms with Crippen LogP contribution in [-0.4, -0.2) is 84.2 Å². The van der Waals surface area contributed by atoms with Crippen molar-refractivity contribution in [1.29, 1.82) is 0 Å². The van der Waals surface area contributed by atoms with Crippen molar-refractivity contribution in [3.05, 3.63) is 65.8 Å². The van der Waals surface area contributed by atoms with Gasteiger partial charge in [-0.3, -0.25) is 19.2 Å². The van der Waals surface area contributed by atoms with Crippen molar-refractivity contribution >= 4 is 29.4 Å². The van der Waals surface area contributed by atoms with Gasteiger partial charge < -0.3 is 40.4 Å². The van der Waals surface area contributed by atoms with E-state index in [1.54, 1.807) is 50.3 Å². The Hall–Kier alpha value is -3.84. The number of aliphatic hydroxyl groups excluding tert-OH is 1. The summed E-state index contributed by atoms with van der Waals surface area (Å²) >= 11 is 0. The van der Waals surface area contributed by atoms with Gasteiger partial charge in [0, 0.05) is 37.8 Å². The van der Waals surface area contributed by atoms with Gasteiger partial charge >= 0.3 is 5.97 Å². The van der Waals surface area contributed by atoms with E-state index in [9.17, 15) is 24.3 Å². The first kappa shape index (κ1) is 38.6. The van der Waals surface area contributed by atoms with E-state index in [2.05, 4.69) is 23.6 Å². The molecule has 4 unspecified atom stereocenters. The maximum absolute atomic E-state index is 12.8. The van der Waals surface area contributed by atoms with E-state index in [1.807, 2.05) is 19.9 Å². The summed E-state index contributed by atoms with van der Waals surface area (Å²) in [6.45, 7) is 10.8. The molecule has 0 aliphatic carbocycles. The van der Waals surface area contributed by atoms with Crippen molar-refractivity contribution in [2.45, 2.75) is 115 Å². The molecule has 1 aromatic carbocycles. The van der Waals surface area contributed by atoms with Crippen LogP contribution in [0.2, 0.25) is 0 Å². The van der Waals surface area contributed by atoms with Crippen molar-refractivity contribution < 1.29 is 43.2 Å². The number of esters is 1. The second-order valence-electron chi connectivity index (χ2n) is 13.0. The number of benzene rings is 1. The van der Waals surface area contributed by atoms with Gasteiger partial charge in [-0.25, -0.2) is 0 Å². The van der Waals surface area contributed by atoms with E-state index in [0.29, 0.717) is 24.1 Å². The van der Waals surface area contributed by atoms with Gasteiger partial charge in [-0.2, -0.15) is 0 Å². The zero-order valence-electron chi connectivity index (χ0n) is 28.9. The highest BCUT2D eigenvalue weighted by Crippen LogP contribution is 2.34. The quantitative estimate of drug-likeness (QED) is 0.139. The molecule has 2 heterocycles. The number of hydrogen-bond donors (Lipinski definition) is 4. The summed E-state index contributed by atoms with van der Waals surface area (Å²) < 4.78 is 23.2. The first-order valence-corrected chi connectivity index (χ1v) is 16.3. The largest absolute Gasteiger partial charge is 0.459 e. The van der Waals surface area contributed by atoms with Gasteiger partial charge in [0.05, 0.1) is 36.4 Å². The lowest BCUT2D eigenvalue weighted by atomic mass is 9.84. The lowest BCUT2D eigenvalue weighted by molar-refractivity contribution is -0.207. The van der Waals surface area contributed by atoms with Crippen molar-refractivity contribution in [1.82, 2.24) is 5.32 Å². The predicted molar refractivity (Wildman–Crippen MR) is 181 cm³/mol. The van der Waals surface area contributed by atoms with Crippen LogP contribution in [0, 0.1) is 5.92 Å². The normalized spacial score (nSPS) is 30.2. The van der Waals surface area contributed by atoms with Gasteiger partial charge in [-0.05, 0) is 76.8 Å². The lowest BCUT2D eigenvalue weighted by Crippen LogP contribution is -2.56. The van der Waals surface area contributed by atoms with E-state index >= 15 is 0 Å². The second-order valence-corrected chi connectivity index (χ2v) is 13.0. The zero-order chi connectivity index (χ0) is 35.6. The smallest absolute Gasteiger partial charge is 0.303 e. The van der Waals surface area contributed by atoms with Crippen LogP contribution in [0.25, 0.3) is 0 Å². The molecule has 0 radical (unpaired) electrons. The molecule has 0 saturated carbocycles. The summed E-state index contributed by atoms with van der Waals surface area (Å²) in [6, 6.07) is 6.14. The van der Waals surface area contributed by atoms with Crippen LogP contribution < -0.4 is 16.4 Å². The minimum Gasteiger partial charge on any atom is -0.459 e. The molecule has 0 aromatic heterocycles. The third kappa shape index (κ3) is 11.4. The maximum Gasteiger partial charge on any atom is 0.303 e. The van der Waals surface area contributed by atoms with Gasteiger partial charge in [0.15, 0.2) is 0 Å². The highest BCUT2D eigenvalue weighted by atomic mass is 16.5. The monoisotopic (exact) mass is 669 g/mol. The number of nitrogens with two attached hydrogens (primary N) is 1. The Balaban J connectivity index is 1.55. The minimum atomic E-state index is -0.957. The molecule has 9 atom stereocenters. The number of carbonyl (C=O) groups is 4. The maximum atomic E-state index is 12.8. The van der Waals surface area contributed by atoms with Gasteiger partial charge in [-0.1, -0.05) is 30.7 Å². The molecule has 0 bridgehead atoms. The molecule has 1 aromatic rings. The number of methoxy groups -OCH3 is 1. The van der Waals surface area contributed by atoms with E-state index in [4.69, 9.17) is 24.7 Å². The number of rotatable bonds is 13. The number of allylic oxidation sites excluding steroid dienone is 2. The van der Waals surface area contributed by atoms with Crippen LogP contribution in [0.1, 0.15) is 77.6 Å². The first-order chi connectivity index (χ1) is 22.6. The number of amides is 3. The van der Waals surface area contributed by atoms with E-state index in [0.717, 1.165) is 12.0 Å². The van der Waals surface area contributed by atoms with Crippen LogP contribution in [-0.2, 0) is 33.3 Å². The summed E-state index contributed by atoms with van der Waals surface area (Å²) in [6.07, 6.45) is 7.53. The van der Waals surface area contributed by atoms with Gasteiger partial charge in [0.1, 0.15) is 18.3 Å². The molecule has 2 fully saturated rings. The third-order valence-corrected chi connectivity index (χ3v) is 8.89. The van der Waals surface area contributed by atoms with Crippen LogP contribution in [0.15, 0.2) is 60.2 Å². The molecule has 2 aliphatic rings. The molecule has 3 amide bonds. The Bertz CT molecular complexity index is 1370. The number of anilines is 1. The third-order valence-electron chi connectivity index (χ3n) is 8.89. The van der Waals surface area contributed by atoms with Crippen LogP contribution >= 0.6 is 0 Å².